The molecule has 198 valence electrons. The molecule has 0 spiro atoms. The highest BCUT2D eigenvalue weighted by molar-refractivity contribution is 7.92. The second-order valence-corrected chi connectivity index (χ2v) is 11.1. The summed E-state index contributed by atoms with van der Waals surface area (Å²) in [6.07, 6.45) is 3.67. The van der Waals surface area contributed by atoms with E-state index in [1.54, 1.807) is 35.5 Å². The Morgan fingerprint density at radius 1 is 1.05 bits per heavy atom. The van der Waals surface area contributed by atoms with Crippen molar-refractivity contribution >= 4 is 33.4 Å². The van der Waals surface area contributed by atoms with Crippen molar-refractivity contribution in [2.75, 3.05) is 42.5 Å². The van der Waals surface area contributed by atoms with Crippen LogP contribution in [0.5, 0.6) is 0 Å². The molecule has 1 aromatic heterocycles. The first-order valence-electron chi connectivity index (χ1n) is 12.4. The summed E-state index contributed by atoms with van der Waals surface area (Å²) in [4.78, 5) is 29.6. The standard InChI is InChI=1S/C27H28N4O6S/c32-26(33)10-4-21-18-31(25-9-3-19(16-24(21)25)20-2-1-11-28-17-20)38(35,36)23-7-5-22(6-8-23)29-27(34)30-12-14-37-15-13-30/h1-3,5-9,11,16-17,21H,4,10,12-15,18H2,(H,29,34)(H,32,33). The molecule has 0 aliphatic carbocycles. The number of benzene rings is 2. The highest BCUT2D eigenvalue weighted by atomic mass is 32.2. The zero-order chi connectivity index (χ0) is 26.7. The molecule has 0 bridgehead atoms. The number of carbonyl (C=O) groups is 2. The highest BCUT2D eigenvalue weighted by Gasteiger charge is 2.37. The topological polar surface area (TPSA) is 129 Å². The molecule has 3 heterocycles. The Balaban J connectivity index is 1.40. The van der Waals surface area contributed by atoms with Gasteiger partial charge in [0.1, 0.15) is 0 Å². The maximum Gasteiger partial charge on any atom is 0.321 e. The van der Waals surface area contributed by atoms with Crippen molar-refractivity contribution in [1.29, 1.82) is 0 Å². The Morgan fingerprint density at radius 3 is 2.50 bits per heavy atom. The number of aliphatic carboxylic acids is 1. The van der Waals surface area contributed by atoms with Crippen LogP contribution in [-0.2, 0) is 19.6 Å². The smallest absolute Gasteiger partial charge is 0.321 e. The Morgan fingerprint density at radius 2 is 1.82 bits per heavy atom. The molecule has 2 amide bonds. The van der Waals surface area contributed by atoms with Gasteiger partial charge < -0.3 is 20.1 Å². The van der Waals surface area contributed by atoms with E-state index in [-0.39, 0.29) is 29.8 Å². The molecule has 2 aliphatic heterocycles. The van der Waals surface area contributed by atoms with Gasteiger partial charge in [0.15, 0.2) is 0 Å². The molecule has 1 atom stereocenters. The number of amides is 2. The van der Waals surface area contributed by atoms with Gasteiger partial charge in [-0.1, -0.05) is 12.1 Å². The van der Waals surface area contributed by atoms with Crippen LogP contribution >= 0.6 is 0 Å². The molecule has 2 aliphatic rings. The van der Waals surface area contributed by atoms with Crippen LogP contribution in [0.15, 0.2) is 71.9 Å². The average Bonchev–Trinajstić information content (AvgIpc) is 3.32. The summed E-state index contributed by atoms with van der Waals surface area (Å²) in [6.45, 7) is 2.12. The van der Waals surface area contributed by atoms with E-state index >= 15 is 0 Å². The highest BCUT2D eigenvalue weighted by Crippen LogP contribution is 2.43. The molecule has 1 saturated heterocycles. The summed E-state index contributed by atoms with van der Waals surface area (Å²) in [5.74, 6) is -1.19. The van der Waals surface area contributed by atoms with Crippen LogP contribution in [0.1, 0.15) is 24.3 Å². The average molecular weight is 537 g/mol. The molecule has 10 nitrogen and oxygen atoms in total. The number of ether oxygens (including phenoxy) is 1. The lowest BCUT2D eigenvalue weighted by Gasteiger charge is -2.27. The zero-order valence-corrected chi connectivity index (χ0v) is 21.4. The molecule has 2 N–H and O–H groups in total. The number of hydrogen-bond donors (Lipinski definition) is 2. The van der Waals surface area contributed by atoms with Crippen molar-refractivity contribution in [3.05, 3.63) is 72.6 Å². The van der Waals surface area contributed by atoms with Gasteiger partial charge in [-0.2, -0.15) is 0 Å². The van der Waals surface area contributed by atoms with Crippen LogP contribution in [0.25, 0.3) is 11.1 Å². The summed E-state index contributed by atoms with van der Waals surface area (Å²) in [5.41, 5.74) is 3.60. The molecule has 11 heteroatoms. The molecule has 0 radical (unpaired) electrons. The van der Waals surface area contributed by atoms with Gasteiger partial charge in [-0.3, -0.25) is 14.1 Å². The molecule has 1 unspecified atom stereocenters. The van der Waals surface area contributed by atoms with Gasteiger partial charge in [-0.15, -0.1) is 0 Å². The molecular formula is C27H28N4O6S. The largest absolute Gasteiger partial charge is 0.481 e. The zero-order valence-electron chi connectivity index (χ0n) is 20.6. The van der Waals surface area contributed by atoms with Crippen molar-refractivity contribution < 1.29 is 27.9 Å². The predicted octanol–water partition coefficient (Wildman–Crippen LogP) is 3.77. The van der Waals surface area contributed by atoms with Crippen molar-refractivity contribution in [2.24, 2.45) is 0 Å². The number of aromatic nitrogens is 1. The number of carbonyl (C=O) groups excluding carboxylic acids is 1. The van der Waals surface area contributed by atoms with Crippen LogP contribution in [0, 0.1) is 0 Å². The van der Waals surface area contributed by atoms with Crippen LogP contribution in [-0.4, -0.2) is 68.3 Å². The fourth-order valence-corrected chi connectivity index (χ4v) is 6.33. The van der Waals surface area contributed by atoms with E-state index in [1.165, 1.54) is 16.4 Å². The molecular weight excluding hydrogens is 508 g/mol. The van der Waals surface area contributed by atoms with Crippen molar-refractivity contribution in [1.82, 2.24) is 9.88 Å². The first kappa shape index (κ1) is 25.7. The summed E-state index contributed by atoms with van der Waals surface area (Å²) < 4.78 is 34.0. The van der Waals surface area contributed by atoms with Crippen LogP contribution in [0.4, 0.5) is 16.2 Å². The molecule has 38 heavy (non-hydrogen) atoms. The number of carboxylic acid groups (broad SMARTS) is 1. The van der Waals surface area contributed by atoms with Gasteiger partial charge in [0.2, 0.25) is 0 Å². The first-order valence-corrected chi connectivity index (χ1v) is 13.8. The third kappa shape index (κ3) is 5.34. The number of pyridine rings is 1. The SMILES string of the molecule is O=C(O)CCC1CN(S(=O)(=O)c2ccc(NC(=O)N3CCOCC3)cc2)c2ccc(-c3cccnc3)cc21. The molecule has 5 rings (SSSR count). The number of nitrogens with zero attached hydrogens (tertiary/aromatic N) is 3. The Kier molecular flexibility index (Phi) is 7.30. The number of sulfonamides is 1. The third-order valence-electron chi connectivity index (χ3n) is 6.82. The number of nitrogens with one attached hydrogen (secondary N) is 1. The van der Waals surface area contributed by atoms with E-state index < -0.39 is 16.0 Å². The summed E-state index contributed by atoms with van der Waals surface area (Å²) in [5, 5.41) is 12.0. The minimum absolute atomic E-state index is 0.0628. The van der Waals surface area contributed by atoms with Crippen LogP contribution in [0.2, 0.25) is 0 Å². The van der Waals surface area contributed by atoms with E-state index in [0.29, 0.717) is 44.1 Å². The number of rotatable bonds is 7. The number of fused-ring (bicyclic) bond motifs is 1. The minimum Gasteiger partial charge on any atom is -0.481 e. The van der Waals surface area contributed by atoms with Crippen LogP contribution in [0.3, 0.4) is 0 Å². The van der Waals surface area contributed by atoms with E-state index in [4.69, 9.17) is 4.74 Å². The summed E-state index contributed by atoms with van der Waals surface area (Å²) in [6, 6.07) is 15.1. The second kappa shape index (κ2) is 10.8. The number of urea groups is 1. The maximum atomic E-state index is 13.7. The third-order valence-corrected chi connectivity index (χ3v) is 8.61. The van der Waals surface area contributed by atoms with Gasteiger partial charge in [-0.25, -0.2) is 13.2 Å². The fraction of sp³-hybridized carbons (Fsp3) is 0.296. The fourth-order valence-electron chi connectivity index (χ4n) is 4.80. The Hall–Kier alpha value is -3.96. The first-order chi connectivity index (χ1) is 18.3. The van der Waals surface area contributed by atoms with Gasteiger partial charge in [0.05, 0.1) is 23.8 Å². The van der Waals surface area contributed by atoms with Gasteiger partial charge in [-0.05, 0) is 65.6 Å². The van der Waals surface area contributed by atoms with Crippen molar-refractivity contribution in [2.45, 2.75) is 23.7 Å². The normalized spacial score (nSPS) is 17.2. The lowest BCUT2D eigenvalue weighted by molar-refractivity contribution is -0.137. The van der Waals surface area contributed by atoms with E-state index in [0.717, 1.165) is 16.7 Å². The minimum atomic E-state index is -3.93. The van der Waals surface area contributed by atoms with E-state index in [9.17, 15) is 23.1 Å². The molecule has 1 fully saturated rings. The van der Waals surface area contributed by atoms with Gasteiger partial charge >= 0.3 is 12.0 Å². The molecule has 3 aromatic rings. The van der Waals surface area contributed by atoms with E-state index in [2.05, 4.69) is 10.3 Å². The predicted molar refractivity (Wildman–Crippen MR) is 142 cm³/mol. The summed E-state index contributed by atoms with van der Waals surface area (Å²) in [7, 11) is -3.93. The van der Waals surface area contributed by atoms with Gasteiger partial charge in [0, 0.05) is 50.1 Å². The Bertz CT molecular complexity index is 1420. The monoisotopic (exact) mass is 536 g/mol. The number of hydrogen-bond acceptors (Lipinski definition) is 6. The van der Waals surface area contributed by atoms with Crippen molar-refractivity contribution in [3.63, 3.8) is 0 Å². The second-order valence-electron chi connectivity index (χ2n) is 9.23. The number of morpholine rings is 1. The quantitative estimate of drug-likeness (QED) is 0.470. The Labute approximate surface area is 220 Å². The summed E-state index contributed by atoms with van der Waals surface area (Å²) >= 11 is 0. The molecule has 2 aromatic carbocycles. The van der Waals surface area contributed by atoms with Crippen molar-refractivity contribution in [3.8, 4) is 11.1 Å². The lowest BCUT2D eigenvalue weighted by Crippen LogP contribution is -2.43. The lowest BCUT2D eigenvalue weighted by atomic mass is 9.93. The van der Waals surface area contributed by atoms with Gasteiger partial charge in [0.25, 0.3) is 10.0 Å². The van der Waals surface area contributed by atoms with Crippen LogP contribution < -0.4 is 9.62 Å². The van der Waals surface area contributed by atoms with E-state index in [1.807, 2.05) is 24.3 Å². The maximum absolute atomic E-state index is 13.7. The number of anilines is 2. The molecule has 0 saturated carbocycles. The number of carboxylic acids is 1.